The van der Waals surface area contributed by atoms with Crippen LogP contribution in [-0.4, -0.2) is 44.0 Å². The second kappa shape index (κ2) is 5.79. The maximum absolute atomic E-state index is 12.1. The second-order valence-electron chi connectivity index (χ2n) is 4.24. The Bertz CT molecular complexity index is 479. The fourth-order valence-corrected chi connectivity index (χ4v) is 3.10. The van der Waals surface area contributed by atoms with E-state index in [0.29, 0.717) is 39.1 Å². The van der Waals surface area contributed by atoms with Crippen LogP contribution in [0.5, 0.6) is 0 Å². The van der Waals surface area contributed by atoms with Gasteiger partial charge in [0.15, 0.2) is 0 Å². The molecule has 0 spiro atoms. The topological polar surface area (TPSA) is 99.2 Å². The third kappa shape index (κ3) is 3.29. The molecule has 3 N–H and O–H groups in total. The van der Waals surface area contributed by atoms with Gasteiger partial charge in [0.05, 0.1) is 12.7 Å². The quantitative estimate of drug-likeness (QED) is 0.739. The van der Waals surface area contributed by atoms with Crippen LogP contribution in [-0.2, 0) is 21.3 Å². The Morgan fingerprint density at radius 3 is 2.89 bits per heavy atom. The summed E-state index contributed by atoms with van der Waals surface area (Å²) >= 11 is 0. The zero-order valence-electron chi connectivity index (χ0n) is 10.1. The van der Waals surface area contributed by atoms with Crippen molar-refractivity contribution in [2.45, 2.75) is 30.3 Å². The van der Waals surface area contributed by atoms with Crippen LogP contribution >= 0.6 is 0 Å². The van der Waals surface area contributed by atoms with Crippen LogP contribution in [0.25, 0.3) is 0 Å². The molecule has 8 heteroatoms. The molecule has 1 saturated heterocycles. The van der Waals surface area contributed by atoms with Crippen LogP contribution < -0.4 is 10.5 Å². The highest BCUT2D eigenvalue weighted by molar-refractivity contribution is 7.89. The van der Waals surface area contributed by atoms with Crippen molar-refractivity contribution < 1.29 is 13.2 Å². The van der Waals surface area contributed by atoms with E-state index in [1.165, 1.54) is 17.1 Å². The maximum atomic E-state index is 12.1. The summed E-state index contributed by atoms with van der Waals surface area (Å²) in [6.07, 6.45) is 4.25. The van der Waals surface area contributed by atoms with Gasteiger partial charge in [-0.2, -0.15) is 5.10 Å². The van der Waals surface area contributed by atoms with Crippen LogP contribution in [0.3, 0.4) is 0 Å². The molecule has 102 valence electrons. The predicted molar refractivity (Wildman–Crippen MR) is 65.4 cm³/mol. The van der Waals surface area contributed by atoms with E-state index in [0.717, 1.165) is 0 Å². The molecule has 2 heterocycles. The molecule has 0 unspecified atom stereocenters. The highest BCUT2D eigenvalue weighted by Crippen LogP contribution is 2.12. The monoisotopic (exact) mass is 274 g/mol. The van der Waals surface area contributed by atoms with Crippen LogP contribution in [0, 0.1) is 0 Å². The van der Waals surface area contributed by atoms with Gasteiger partial charge in [0.25, 0.3) is 0 Å². The number of aromatic nitrogens is 2. The average molecular weight is 274 g/mol. The zero-order valence-corrected chi connectivity index (χ0v) is 10.9. The highest BCUT2D eigenvalue weighted by atomic mass is 32.2. The Hall–Kier alpha value is -0.960. The van der Waals surface area contributed by atoms with Gasteiger partial charge in [-0.3, -0.25) is 4.68 Å². The molecular weight excluding hydrogens is 256 g/mol. The highest BCUT2D eigenvalue weighted by Gasteiger charge is 2.23. The zero-order chi connectivity index (χ0) is 13.0. The molecule has 2 rings (SSSR count). The van der Waals surface area contributed by atoms with Crippen molar-refractivity contribution in [2.24, 2.45) is 5.73 Å². The van der Waals surface area contributed by atoms with Crippen molar-refractivity contribution in [2.75, 3.05) is 19.8 Å². The predicted octanol–water partition coefficient (Wildman–Crippen LogP) is -0.701. The first kappa shape index (κ1) is 13.5. The first-order valence-corrected chi connectivity index (χ1v) is 7.43. The Morgan fingerprint density at radius 1 is 1.50 bits per heavy atom. The Kier molecular flexibility index (Phi) is 4.33. The largest absolute Gasteiger partial charge is 0.381 e. The van der Waals surface area contributed by atoms with Gasteiger partial charge in [0, 0.05) is 32.0 Å². The van der Waals surface area contributed by atoms with E-state index < -0.39 is 10.0 Å². The molecule has 0 saturated carbocycles. The van der Waals surface area contributed by atoms with E-state index in [2.05, 4.69) is 9.82 Å². The van der Waals surface area contributed by atoms with E-state index >= 15 is 0 Å². The third-order valence-electron chi connectivity index (χ3n) is 2.82. The molecule has 1 aromatic heterocycles. The standard InChI is InChI=1S/C10H18N4O3S/c11-3-4-14-8-10(7-12-14)18(15,16)13-9-1-5-17-6-2-9/h7-9,13H,1-6,11H2. The lowest BCUT2D eigenvalue weighted by Gasteiger charge is -2.22. The van der Waals surface area contributed by atoms with Crippen molar-refractivity contribution in [1.82, 2.24) is 14.5 Å². The molecule has 0 radical (unpaired) electrons. The van der Waals surface area contributed by atoms with Gasteiger partial charge in [0.2, 0.25) is 10.0 Å². The second-order valence-corrected chi connectivity index (χ2v) is 5.95. The first-order valence-electron chi connectivity index (χ1n) is 5.94. The van der Waals surface area contributed by atoms with E-state index in [-0.39, 0.29) is 10.9 Å². The van der Waals surface area contributed by atoms with Crippen LogP contribution in [0.4, 0.5) is 0 Å². The average Bonchev–Trinajstić information content (AvgIpc) is 2.80. The lowest BCUT2D eigenvalue weighted by Crippen LogP contribution is -2.38. The summed E-state index contributed by atoms with van der Waals surface area (Å²) in [6.45, 7) is 2.13. The molecule has 1 aromatic rings. The normalized spacial score (nSPS) is 18.1. The molecule has 0 aliphatic carbocycles. The third-order valence-corrected chi connectivity index (χ3v) is 4.30. The van der Waals surface area contributed by atoms with Crippen molar-refractivity contribution in [3.63, 3.8) is 0 Å². The molecule has 0 amide bonds. The van der Waals surface area contributed by atoms with Crippen LogP contribution in [0.2, 0.25) is 0 Å². The Balaban J connectivity index is 2.04. The van der Waals surface area contributed by atoms with Crippen LogP contribution in [0.1, 0.15) is 12.8 Å². The number of nitrogens with zero attached hydrogens (tertiary/aromatic N) is 2. The molecular formula is C10H18N4O3S. The van der Waals surface area contributed by atoms with Crippen molar-refractivity contribution in [3.05, 3.63) is 12.4 Å². The SMILES string of the molecule is NCCn1cc(S(=O)(=O)NC2CCOCC2)cn1. The fraction of sp³-hybridized carbons (Fsp3) is 0.700. The van der Waals surface area contributed by atoms with Crippen molar-refractivity contribution in [3.8, 4) is 0 Å². The smallest absolute Gasteiger partial charge is 0.243 e. The number of nitrogens with one attached hydrogen (secondary N) is 1. The summed E-state index contributed by atoms with van der Waals surface area (Å²) < 4.78 is 33.6. The van der Waals surface area contributed by atoms with E-state index in [1.807, 2.05) is 0 Å². The van der Waals surface area contributed by atoms with Gasteiger partial charge < -0.3 is 10.5 Å². The minimum atomic E-state index is -3.49. The van der Waals surface area contributed by atoms with E-state index in [9.17, 15) is 8.42 Å². The summed E-state index contributed by atoms with van der Waals surface area (Å²) in [5, 5.41) is 3.96. The molecule has 18 heavy (non-hydrogen) atoms. The number of hydrogen-bond acceptors (Lipinski definition) is 5. The molecule has 7 nitrogen and oxygen atoms in total. The number of hydrogen-bond donors (Lipinski definition) is 2. The van der Waals surface area contributed by atoms with Gasteiger partial charge >= 0.3 is 0 Å². The Labute approximate surface area is 106 Å². The van der Waals surface area contributed by atoms with Crippen LogP contribution in [0.15, 0.2) is 17.3 Å². The fourth-order valence-electron chi connectivity index (χ4n) is 1.84. The first-order chi connectivity index (χ1) is 8.62. The van der Waals surface area contributed by atoms with Gasteiger partial charge in [-0.15, -0.1) is 0 Å². The van der Waals surface area contributed by atoms with Crippen molar-refractivity contribution in [1.29, 1.82) is 0 Å². The molecule has 1 aliphatic heterocycles. The summed E-state index contributed by atoms with van der Waals surface area (Å²) in [5.74, 6) is 0. The summed E-state index contributed by atoms with van der Waals surface area (Å²) in [7, 11) is -3.49. The maximum Gasteiger partial charge on any atom is 0.243 e. The van der Waals surface area contributed by atoms with Gasteiger partial charge in [0.1, 0.15) is 4.90 Å². The van der Waals surface area contributed by atoms with Gasteiger partial charge in [-0.25, -0.2) is 13.1 Å². The van der Waals surface area contributed by atoms with Crippen molar-refractivity contribution >= 4 is 10.0 Å². The summed E-state index contributed by atoms with van der Waals surface area (Å²) in [5.41, 5.74) is 5.39. The lowest BCUT2D eigenvalue weighted by atomic mass is 10.1. The van der Waals surface area contributed by atoms with Gasteiger partial charge in [-0.1, -0.05) is 0 Å². The molecule has 0 bridgehead atoms. The number of rotatable bonds is 5. The number of nitrogens with two attached hydrogens (primary N) is 1. The number of ether oxygens (including phenoxy) is 1. The molecule has 1 fully saturated rings. The van der Waals surface area contributed by atoms with Gasteiger partial charge in [-0.05, 0) is 12.8 Å². The van der Waals surface area contributed by atoms with E-state index in [1.54, 1.807) is 0 Å². The lowest BCUT2D eigenvalue weighted by molar-refractivity contribution is 0.0832. The summed E-state index contributed by atoms with van der Waals surface area (Å²) in [6, 6.07) is -0.0541. The summed E-state index contributed by atoms with van der Waals surface area (Å²) in [4.78, 5) is 0.183. The Morgan fingerprint density at radius 2 is 2.22 bits per heavy atom. The minimum absolute atomic E-state index is 0.0541. The minimum Gasteiger partial charge on any atom is -0.381 e. The number of sulfonamides is 1. The van der Waals surface area contributed by atoms with E-state index in [4.69, 9.17) is 10.5 Å². The molecule has 0 atom stereocenters. The molecule has 0 aromatic carbocycles. The molecule has 1 aliphatic rings.